The summed E-state index contributed by atoms with van der Waals surface area (Å²) in [6.07, 6.45) is 4.12. The van der Waals surface area contributed by atoms with Crippen molar-refractivity contribution in [3.05, 3.63) is 30.2 Å². The number of aromatic nitrogens is 2. The number of rotatable bonds is 3. The fourth-order valence-corrected chi connectivity index (χ4v) is 2.64. The summed E-state index contributed by atoms with van der Waals surface area (Å²) in [7, 11) is 1.64. The molecule has 0 amide bonds. The number of nitrogens with two attached hydrogens (primary N) is 1. The van der Waals surface area contributed by atoms with Crippen LogP contribution in [0.3, 0.4) is 0 Å². The summed E-state index contributed by atoms with van der Waals surface area (Å²) in [6, 6.07) is 7.97. The summed E-state index contributed by atoms with van der Waals surface area (Å²) in [6.45, 7) is 0. The predicted molar refractivity (Wildman–Crippen MR) is 75.5 cm³/mol. The summed E-state index contributed by atoms with van der Waals surface area (Å²) in [5, 5.41) is 8.35. The van der Waals surface area contributed by atoms with E-state index >= 15 is 0 Å². The quantitative estimate of drug-likeness (QED) is 0.930. The zero-order valence-electron chi connectivity index (χ0n) is 11.6. The van der Waals surface area contributed by atoms with Crippen molar-refractivity contribution in [2.24, 2.45) is 5.73 Å². The second-order valence-corrected chi connectivity index (χ2v) is 5.29. The maximum atomic E-state index is 5.92. The van der Waals surface area contributed by atoms with Crippen LogP contribution in [0.2, 0.25) is 0 Å². The molecule has 0 bridgehead atoms. The number of hydrogen-bond donors (Lipinski definition) is 1. The Morgan fingerprint density at radius 2 is 2.00 bits per heavy atom. The third-order valence-corrected chi connectivity index (χ3v) is 3.88. The first-order valence-corrected chi connectivity index (χ1v) is 6.99. The van der Waals surface area contributed by atoms with Crippen LogP contribution in [0.1, 0.15) is 37.5 Å². The van der Waals surface area contributed by atoms with Crippen LogP contribution in [-0.4, -0.2) is 23.3 Å². The van der Waals surface area contributed by atoms with E-state index in [1.54, 1.807) is 7.11 Å². The van der Waals surface area contributed by atoms with E-state index < -0.39 is 0 Å². The van der Waals surface area contributed by atoms with Crippen molar-refractivity contribution in [3.63, 3.8) is 0 Å². The normalized spacial score (nSPS) is 22.7. The number of benzene rings is 1. The fraction of sp³-hybridized carbons (Fsp3) is 0.467. The van der Waals surface area contributed by atoms with Gasteiger partial charge in [-0.1, -0.05) is 6.07 Å². The minimum atomic E-state index is 0.326. The van der Waals surface area contributed by atoms with Gasteiger partial charge in [-0.25, -0.2) is 0 Å². The zero-order chi connectivity index (χ0) is 13.9. The molecular formula is C15H19N3O2. The maximum absolute atomic E-state index is 5.92. The van der Waals surface area contributed by atoms with Crippen LogP contribution < -0.4 is 10.5 Å². The highest BCUT2D eigenvalue weighted by atomic mass is 16.5. The summed E-state index contributed by atoms with van der Waals surface area (Å²) in [5.74, 6) is 2.41. The molecular weight excluding hydrogens is 254 g/mol. The van der Waals surface area contributed by atoms with Crippen molar-refractivity contribution < 1.29 is 9.15 Å². The number of methoxy groups -OCH3 is 1. The van der Waals surface area contributed by atoms with Crippen LogP contribution in [0.25, 0.3) is 11.5 Å². The SMILES string of the molecule is COc1cccc(-c2nnc([C@H]3CC[C@H](N)CC3)o2)c1. The second-order valence-electron chi connectivity index (χ2n) is 5.29. The average molecular weight is 273 g/mol. The predicted octanol–water partition coefficient (Wildman–Crippen LogP) is 2.73. The highest BCUT2D eigenvalue weighted by molar-refractivity contribution is 5.55. The molecule has 1 saturated carbocycles. The minimum absolute atomic E-state index is 0.326. The molecule has 5 nitrogen and oxygen atoms in total. The summed E-state index contributed by atoms with van der Waals surface area (Å²) in [4.78, 5) is 0. The van der Waals surface area contributed by atoms with Crippen LogP contribution in [0.5, 0.6) is 5.75 Å². The Balaban J connectivity index is 1.79. The van der Waals surface area contributed by atoms with Gasteiger partial charge >= 0.3 is 0 Å². The van der Waals surface area contributed by atoms with E-state index in [1.165, 1.54) is 0 Å². The van der Waals surface area contributed by atoms with Gasteiger partial charge in [-0.2, -0.15) is 0 Å². The molecule has 3 rings (SSSR count). The van der Waals surface area contributed by atoms with E-state index in [0.29, 0.717) is 17.9 Å². The molecule has 1 aromatic heterocycles. The van der Waals surface area contributed by atoms with Gasteiger partial charge in [0.25, 0.3) is 0 Å². The molecule has 20 heavy (non-hydrogen) atoms. The van der Waals surface area contributed by atoms with Crippen LogP contribution in [0.15, 0.2) is 28.7 Å². The summed E-state index contributed by atoms with van der Waals surface area (Å²) >= 11 is 0. The molecule has 0 aliphatic heterocycles. The lowest BCUT2D eigenvalue weighted by Gasteiger charge is -2.23. The van der Waals surface area contributed by atoms with Gasteiger partial charge in [0.1, 0.15) is 5.75 Å². The first kappa shape index (κ1) is 13.1. The van der Waals surface area contributed by atoms with Gasteiger partial charge in [0.15, 0.2) is 0 Å². The molecule has 0 radical (unpaired) electrons. The Morgan fingerprint density at radius 3 is 2.75 bits per heavy atom. The van der Waals surface area contributed by atoms with Crippen LogP contribution in [-0.2, 0) is 0 Å². The molecule has 1 heterocycles. The fourth-order valence-electron chi connectivity index (χ4n) is 2.64. The average Bonchev–Trinajstić information content (AvgIpc) is 2.98. The van der Waals surface area contributed by atoms with E-state index in [9.17, 15) is 0 Å². The standard InChI is InChI=1S/C15H19N3O2/c1-19-13-4-2-3-11(9-13)15-18-17-14(20-15)10-5-7-12(16)8-6-10/h2-4,9-10,12H,5-8,16H2,1H3/t10-,12-. The molecule has 1 aliphatic rings. The first-order valence-electron chi connectivity index (χ1n) is 6.99. The van der Waals surface area contributed by atoms with E-state index in [1.807, 2.05) is 24.3 Å². The van der Waals surface area contributed by atoms with Gasteiger partial charge in [-0.3, -0.25) is 0 Å². The Morgan fingerprint density at radius 1 is 1.20 bits per heavy atom. The van der Waals surface area contributed by atoms with Crippen molar-refractivity contribution in [2.45, 2.75) is 37.6 Å². The van der Waals surface area contributed by atoms with Crippen molar-refractivity contribution >= 4 is 0 Å². The van der Waals surface area contributed by atoms with Crippen molar-refractivity contribution in [2.75, 3.05) is 7.11 Å². The lowest BCUT2D eigenvalue weighted by atomic mass is 9.86. The van der Waals surface area contributed by atoms with Gasteiger partial charge in [0, 0.05) is 17.5 Å². The molecule has 1 aliphatic carbocycles. The summed E-state index contributed by atoms with van der Waals surface area (Å²) < 4.78 is 11.0. The smallest absolute Gasteiger partial charge is 0.247 e. The third kappa shape index (κ3) is 2.67. The molecule has 1 aromatic carbocycles. The highest BCUT2D eigenvalue weighted by Gasteiger charge is 2.24. The van der Waals surface area contributed by atoms with E-state index in [-0.39, 0.29) is 0 Å². The number of nitrogens with zero attached hydrogens (tertiary/aromatic N) is 2. The molecule has 106 valence electrons. The topological polar surface area (TPSA) is 74.2 Å². The molecule has 5 heteroatoms. The molecule has 2 N–H and O–H groups in total. The van der Waals surface area contributed by atoms with Gasteiger partial charge in [-0.05, 0) is 43.9 Å². The Kier molecular flexibility index (Phi) is 3.69. The minimum Gasteiger partial charge on any atom is -0.497 e. The lowest BCUT2D eigenvalue weighted by molar-refractivity contribution is 0.341. The van der Waals surface area contributed by atoms with E-state index in [4.69, 9.17) is 14.9 Å². The highest BCUT2D eigenvalue weighted by Crippen LogP contribution is 2.33. The Bertz CT molecular complexity index is 574. The molecule has 1 fully saturated rings. The Hall–Kier alpha value is -1.88. The van der Waals surface area contributed by atoms with E-state index in [2.05, 4.69) is 10.2 Å². The van der Waals surface area contributed by atoms with Crippen LogP contribution >= 0.6 is 0 Å². The van der Waals surface area contributed by atoms with Gasteiger partial charge in [0.05, 0.1) is 7.11 Å². The number of ether oxygens (including phenoxy) is 1. The largest absolute Gasteiger partial charge is 0.497 e. The zero-order valence-corrected chi connectivity index (χ0v) is 11.6. The van der Waals surface area contributed by atoms with Crippen molar-refractivity contribution in [1.82, 2.24) is 10.2 Å². The van der Waals surface area contributed by atoms with Crippen molar-refractivity contribution in [1.29, 1.82) is 0 Å². The third-order valence-electron chi connectivity index (χ3n) is 3.88. The molecule has 0 spiro atoms. The number of hydrogen-bond acceptors (Lipinski definition) is 5. The Labute approximate surface area is 118 Å². The molecule has 2 aromatic rings. The van der Waals surface area contributed by atoms with Crippen LogP contribution in [0.4, 0.5) is 0 Å². The van der Waals surface area contributed by atoms with Gasteiger partial charge < -0.3 is 14.9 Å². The van der Waals surface area contributed by atoms with Crippen LogP contribution in [0, 0.1) is 0 Å². The molecule has 0 unspecified atom stereocenters. The van der Waals surface area contributed by atoms with Gasteiger partial charge in [-0.15, -0.1) is 10.2 Å². The summed E-state index contributed by atoms with van der Waals surface area (Å²) in [5.41, 5.74) is 6.81. The first-order chi connectivity index (χ1) is 9.76. The second kappa shape index (κ2) is 5.63. The maximum Gasteiger partial charge on any atom is 0.247 e. The lowest BCUT2D eigenvalue weighted by Crippen LogP contribution is -2.25. The van der Waals surface area contributed by atoms with Crippen molar-refractivity contribution in [3.8, 4) is 17.2 Å². The van der Waals surface area contributed by atoms with E-state index in [0.717, 1.165) is 42.9 Å². The molecule has 0 saturated heterocycles. The molecule has 0 atom stereocenters. The van der Waals surface area contributed by atoms with Gasteiger partial charge in [0.2, 0.25) is 11.8 Å². The monoisotopic (exact) mass is 273 g/mol.